The lowest BCUT2D eigenvalue weighted by atomic mass is 10.1. The topological polar surface area (TPSA) is 96.0 Å². The molecule has 210 valence electrons. The lowest BCUT2D eigenvalue weighted by Gasteiger charge is -2.31. The molecule has 0 aliphatic heterocycles. The second-order valence-corrected chi connectivity index (χ2v) is 11.3. The first-order valence-electron chi connectivity index (χ1n) is 13.4. The number of hydrogen-bond acceptors (Lipinski definition) is 5. The molecule has 2 amide bonds. The van der Waals surface area contributed by atoms with Gasteiger partial charge in [-0.15, -0.1) is 0 Å². The molecule has 0 saturated carbocycles. The molecule has 9 heteroatoms. The largest absolute Gasteiger partial charge is 0.492 e. The quantitative estimate of drug-likeness (QED) is 0.310. The van der Waals surface area contributed by atoms with Crippen molar-refractivity contribution in [3.05, 3.63) is 59.7 Å². The molecule has 0 aromatic heterocycles. The molecule has 1 unspecified atom stereocenters. The molecular formula is C29H43N3O5S. The molecule has 2 rings (SSSR count). The van der Waals surface area contributed by atoms with Crippen molar-refractivity contribution in [3.8, 4) is 5.75 Å². The predicted octanol–water partition coefficient (Wildman–Crippen LogP) is 4.66. The summed E-state index contributed by atoms with van der Waals surface area (Å²) in [5.74, 6) is 0.131. The molecule has 2 aromatic carbocycles. The van der Waals surface area contributed by atoms with Crippen LogP contribution in [0.5, 0.6) is 5.75 Å². The van der Waals surface area contributed by atoms with Crippen LogP contribution in [0.1, 0.15) is 64.0 Å². The summed E-state index contributed by atoms with van der Waals surface area (Å²) in [5, 5.41) is 2.97. The molecule has 1 N–H and O–H groups in total. The van der Waals surface area contributed by atoms with Gasteiger partial charge >= 0.3 is 0 Å². The molecule has 38 heavy (non-hydrogen) atoms. The van der Waals surface area contributed by atoms with Crippen molar-refractivity contribution in [1.82, 2.24) is 10.2 Å². The molecule has 0 radical (unpaired) electrons. The third-order valence-electron chi connectivity index (χ3n) is 6.40. The summed E-state index contributed by atoms with van der Waals surface area (Å²) in [7, 11) is -3.61. The van der Waals surface area contributed by atoms with Crippen molar-refractivity contribution < 1.29 is 22.7 Å². The van der Waals surface area contributed by atoms with Crippen molar-refractivity contribution >= 4 is 27.5 Å². The van der Waals surface area contributed by atoms with Crippen LogP contribution in [0, 0.1) is 6.92 Å². The Kier molecular flexibility index (Phi) is 12.6. The summed E-state index contributed by atoms with van der Waals surface area (Å²) >= 11 is 0. The van der Waals surface area contributed by atoms with Gasteiger partial charge in [-0.25, -0.2) is 8.42 Å². The van der Waals surface area contributed by atoms with Crippen LogP contribution in [0.15, 0.2) is 48.5 Å². The highest BCUT2D eigenvalue weighted by molar-refractivity contribution is 7.92. The monoisotopic (exact) mass is 545 g/mol. The number of carbonyl (C=O) groups is 2. The van der Waals surface area contributed by atoms with Gasteiger partial charge in [0.2, 0.25) is 21.8 Å². The molecule has 0 heterocycles. The van der Waals surface area contributed by atoms with Gasteiger partial charge in [0.25, 0.3) is 0 Å². The summed E-state index contributed by atoms with van der Waals surface area (Å²) in [6, 6.07) is 14.2. The highest BCUT2D eigenvalue weighted by Gasteiger charge is 2.29. The Labute approximate surface area is 228 Å². The van der Waals surface area contributed by atoms with Crippen molar-refractivity contribution in [2.75, 3.05) is 30.3 Å². The van der Waals surface area contributed by atoms with Crippen molar-refractivity contribution in [3.63, 3.8) is 0 Å². The van der Waals surface area contributed by atoms with E-state index in [1.165, 1.54) is 4.31 Å². The van der Waals surface area contributed by atoms with Gasteiger partial charge in [0.05, 0.1) is 18.6 Å². The fourth-order valence-corrected chi connectivity index (χ4v) is 5.29. The summed E-state index contributed by atoms with van der Waals surface area (Å²) in [4.78, 5) is 28.3. The third kappa shape index (κ3) is 9.04. The van der Waals surface area contributed by atoms with Gasteiger partial charge in [0.1, 0.15) is 11.8 Å². The van der Waals surface area contributed by atoms with Crippen LogP contribution in [0.3, 0.4) is 0 Å². The average molecular weight is 546 g/mol. The zero-order valence-electron chi connectivity index (χ0n) is 23.4. The van der Waals surface area contributed by atoms with Gasteiger partial charge in [-0.1, -0.05) is 56.7 Å². The molecule has 1 atom stereocenters. The van der Waals surface area contributed by atoms with E-state index in [-0.39, 0.29) is 24.8 Å². The van der Waals surface area contributed by atoms with Crippen LogP contribution < -0.4 is 14.4 Å². The maximum atomic E-state index is 13.6. The summed E-state index contributed by atoms with van der Waals surface area (Å²) < 4.78 is 32.3. The standard InChI is InChI=1S/C29H43N3O5S/c1-6-9-20-30-29(34)25(7-2)31(22-24-16-11-10-15-23(24)4)28(33)19-14-21-32(38(5,35)36)26-17-12-13-18-27(26)37-8-3/h10-13,15-18,25H,6-9,14,19-22H2,1-5H3,(H,30,34). The SMILES string of the molecule is CCCCNC(=O)C(CC)N(Cc1ccccc1C)C(=O)CCCN(c1ccccc1OCC)S(C)(=O)=O. The van der Waals surface area contributed by atoms with E-state index >= 15 is 0 Å². The van der Waals surface area contributed by atoms with Gasteiger partial charge < -0.3 is 15.0 Å². The van der Waals surface area contributed by atoms with Crippen molar-refractivity contribution in [2.24, 2.45) is 0 Å². The highest BCUT2D eigenvalue weighted by Crippen LogP contribution is 2.30. The van der Waals surface area contributed by atoms with E-state index in [1.54, 1.807) is 29.2 Å². The number of carbonyl (C=O) groups excluding carboxylic acids is 2. The Morgan fingerprint density at radius 3 is 2.32 bits per heavy atom. The number of sulfonamides is 1. The van der Waals surface area contributed by atoms with E-state index in [4.69, 9.17) is 4.74 Å². The van der Waals surface area contributed by atoms with Crippen LogP contribution in [0.4, 0.5) is 5.69 Å². The molecule has 0 saturated heterocycles. The average Bonchev–Trinajstić information content (AvgIpc) is 2.87. The van der Waals surface area contributed by atoms with E-state index < -0.39 is 16.1 Å². The van der Waals surface area contributed by atoms with E-state index in [0.29, 0.717) is 44.0 Å². The van der Waals surface area contributed by atoms with Crippen molar-refractivity contribution in [2.45, 2.75) is 72.4 Å². The van der Waals surface area contributed by atoms with E-state index in [0.717, 1.165) is 30.2 Å². The van der Waals surface area contributed by atoms with Gasteiger partial charge in [-0.2, -0.15) is 0 Å². The Hall–Kier alpha value is -3.07. The number of rotatable bonds is 16. The van der Waals surface area contributed by atoms with Gasteiger partial charge in [0.15, 0.2) is 0 Å². The normalized spacial score (nSPS) is 12.0. The zero-order chi connectivity index (χ0) is 28.1. The number of hydrogen-bond donors (Lipinski definition) is 1. The molecule has 0 aliphatic carbocycles. The molecular weight excluding hydrogens is 502 g/mol. The number of nitrogens with one attached hydrogen (secondary N) is 1. The third-order valence-corrected chi connectivity index (χ3v) is 7.58. The van der Waals surface area contributed by atoms with Crippen LogP contribution >= 0.6 is 0 Å². The number of anilines is 1. The van der Waals surface area contributed by atoms with E-state index in [9.17, 15) is 18.0 Å². The molecule has 8 nitrogen and oxygen atoms in total. The molecule has 0 fully saturated rings. The number of para-hydroxylation sites is 2. The fraction of sp³-hybridized carbons (Fsp3) is 0.517. The predicted molar refractivity (Wildman–Crippen MR) is 153 cm³/mol. The first-order chi connectivity index (χ1) is 18.1. The number of aryl methyl sites for hydroxylation is 1. The maximum absolute atomic E-state index is 13.6. The van der Waals surface area contributed by atoms with Gasteiger partial charge in [-0.3, -0.25) is 13.9 Å². The minimum Gasteiger partial charge on any atom is -0.492 e. The number of ether oxygens (including phenoxy) is 1. The number of nitrogens with zero attached hydrogens (tertiary/aromatic N) is 2. The fourth-order valence-electron chi connectivity index (χ4n) is 4.32. The van der Waals surface area contributed by atoms with E-state index in [2.05, 4.69) is 12.2 Å². The maximum Gasteiger partial charge on any atom is 0.242 e. The molecule has 0 aliphatic rings. The summed E-state index contributed by atoms with van der Waals surface area (Å²) in [6.07, 6.45) is 3.87. The highest BCUT2D eigenvalue weighted by atomic mass is 32.2. The van der Waals surface area contributed by atoms with Crippen molar-refractivity contribution in [1.29, 1.82) is 0 Å². The van der Waals surface area contributed by atoms with Crippen LogP contribution in [-0.4, -0.2) is 57.1 Å². The minimum absolute atomic E-state index is 0.105. The molecule has 2 aromatic rings. The van der Waals surface area contributed by atoms with E-state index in [1.807, 2.05) is 45.0 Å². The summed E-state index contributed by atoms with van der Waals surface area (Å²) in [5.41, 5.74) is 2.47. The second kappa shape index (κ2) is 15.4. The smallest absolute Gasteiger partial charge is 0.242 e. The van der Waals surface area contributed by atoms with Crippen LogP contribution in [0.2, 0.25) is 0 Å². The number of amides is 2. The minimum atomic E-state index is -3.61. The van der Waals surface area contributed by atoms with Gasteiger partial charge in [0, 0.05) is 26.1 Å². The zero-order valence-corrected chi connectivity index (χ0v) is 24.2. The Morgan fingerprint density at radius 1 is 1.00 bits per heavy atom. The summed E-state index contributed by atoms with van der Waals surface area (Å²) in [6.45, 7) is 9.19. The Morgan fingerprint density at radius 2 is 1.68 bits per heavy atom. The van der Waals surface area contributed by atoms with Gasteiger partial charge in [-0.05, 0) is 56.4 Å². The molecule has 0 bridgehead atoms. The number of unbranched alkanes of at least 4 members (excludes halogenated alkanes) is 1. The first-order valence-corrected chi connectivity index (χ1v) is 15.3. The lowest BCUT2D eigenvalue weighted by molar-refractivity contribution is -0.141. The lowest BCUT2D eigenvalue weighted by Crippen LogP contribution is -2.49. The first kappa shape index (κ1) is 31.1. The van der Waals surface area contributed by atoms with Crippen LogP contribution in [-0.2, 0) is 26.2 Å². The Bertz CT molecular complexity index is 1150. The Balaban J connectivity index is 2.24. The second-order valence-electron chi connectivity index (χ2n) is 9.36. The number of benzene rings is 2. The molecule has 0 spiro atoms. The van der Waals surface area contributed by atoms with Crippen LogP contribution in [0.25, 0.3) is 0 Å².